The molecule has 0 saturated carbocycles. The van der Waals surface area contributed by atoms with Gasteiger partial charge in [0.2, 0.25) is 0 Å². The number of carbonyl (C=O) groups excluding carboxylic acids is 1. The van der Waals surface area contributed by atoms with Crippen molar-refractivity contribution in [3.8, 4) is 11.3 Å². The smallest absolute Gasteiger partial charge is 0.261 e. The number of amides is 1. The lowest BCUT2D eigenvalue weighted by atomic mass is 10.0. The van der Waals surface area contributed by atoms with E-state index >= 15 is 0 Å². The fraction of sp³-hybridized carbons (Fsp3) is 0.0476. The van der Waals surface area contributed by atoms with Gasteiger partial charge in [0.1, 0.15) is 22.8 Å². The Hall–Kier alpha value is -3.18. The molecule has 0 saturated heterocycles. The van der Waals surface area contributed by atoms with E-state index in [-0.39, 0.29) is 27.6 Å². The van der Waals surface area contributed by atoms with Crippen molar-refractivity contribution in [2.75, 3.05) is 5.32 Å². The van der Waals surface area contributed by atoms with Crippen LogP contribution in [0, 0.1) is 12.7 Å². The number of rotatable bonds is 3. The number of nitrogens with zero attached hydrogens (tertiary/aromatic N) is 1. The van der Waals surface area contributed by atoms with E-state index in [2.05, 4.69) is 10.5 Å². The van der Waals surface area contributed by atoms with Gasteiger partial charge in [-0.3, -0.25) is 4.79 Å². The van der Waals surface area contributed by atoms with Crippen LogP contribution in [-0.4, -0.2) is 11.1 Å². The second-order valence-corrected chi connectivity index (χ2v) is 6.48. The molecule has 6 heteroatoms. The minimum absolute atomic E-state index is 0.0414. The normalized spacial score (nSPS) is 10.9. The van der Waals surface area contributed by atoms with Crippen LogP contribution >= 0.6 is 11.6 Å². The molecule has 0 unspecified atom stereocenters. The lowest BCUT2D eigenvalue weighted by Crippen LogP contribution is -2.13. The quantitative estimate of drug-likeness (QED) is 0.485. The number of aryl methyl sites for hydroxylation is 1. The number of benzene rings is 3. The number of nitrogens with one attached hydrogen (secondary N) is 1. The van der Waals surface area contributed by atoms with Crippen LogP contribution in [0.25, 0.3) is 22.0 Å². The van der Waals surface area contributed by atoms with Gasteiger partial charge in [-0.25, -0.2) is 4.39 Å². The molecule has 4 rings (SSSR count). The Morgan fingerprint density at radius 3 is 2.63 bits per heavy atom. The van der Waals surface area contributed by atoms with E-state index in [4.69, 9.17) is 16.1 Å². The highest BCUT2D eigenvalue weighted by Gasteiger charge is 2.25. The summed E-state index contributed by atoms with van der Waals surface area (Å²) in [6.45, 7) is 1.60. The van der Waals surface area contributed by atoms with Gasteiger partial charge in [-0.15, -0.1) is 0 Å². The van der Waals surface area contributed by atoms with Gasteiger partial charge in [0.15, 0.2) is 0 Å². The van der Waals surface area contributed by atoms with Crippen molar-refractivity contribution in [1.29, 1.82) is 0 Å². The maximum absolute atomic E-state index is 14.3. The van der Waals surface area contributed by atoms with Gasteiger partial charge in [0, 0.05) is 5.69 Å². The third-order valence-electron chi connectivity index (χ3n) is 4.30. The Labute approximate surface area is 159 Å². The first-order chi connectivity index (χ1) is 13.0. The fourth-order valence-corrected chi connectivity index (χ4v) is 3.25. The van der Waals surface area contributed by atoms with E-state index in [0.717, 1.165) is 10.8 Å². The maximum atomic E-state index is 14.3. The van der Waals surface area contributed by atoms with Crippen LogP contribution in [-0.2, 0) is 0 Å². The predicted molar refractivity (Wildman–Crippen MR) is 104 cm³/mol. The molecule has 134 valence electrons. The second kappa shape index (κ2) is 6.85. The molecule has 1 N–H and O–H groups in total. The molecule has 0 aliphatic rings. The molecule has 27 heavy (non-hydrogen) atoms. The number of hydrogen-bond acceptors (Lipinski definition) is 3. The topological polar surface area (TPSA) is 55.1 Å². The summed E-state index contributed by atoms with van der Waals surface area (Å²) in [4.78, 5) is 12.9. The summed E-state index contributed by atoms with van der Waals surface area (Å²) < 4.78 is 19.4. The van der Waals surface area contributed by atoms with Gasteiger partial charge in [0.25, 0.3) is 5.91 Å². The highest BCUT2D eigenvalue weighted by Crippen LogP contribution is 2.33. The summed E-state index contributed by atoms with van der Waals surface area (Å²) in [5.41, 5.74) is 0.883. The van der Waals surface area contributed by atoms with Crippen molar-refractivity contribution in [2.45, 2.75) is 6.92 Å². The largest absolute Gasteiger partial charge is 0.360 e. The Bertz CT molecular complexity index is 1150. The van der Waals surface area contributed by atoms with Crippen molar-refractivity contribution in [3.63, 3.8) is 0 Å². The minimum Gasteiger partial charge on any atom is -0.360 e. The third kappa shape index (κ3) is 3.17. The molecule has 4 nitrogen and oxygen atoms in total. The molecule has 0 bridgehead atoms. The van der Waals surface area contributed by atoms with Gasteiger partial charge in [-0.1, -0.05) is 53.2 Å². The summed E-state index contributed by atoms with van der Waals surface area (Å²) in [7, 11) is 0. The first kappa shape index (κ1) is 17.2. The summed E-state index contributed by atoms with van der Waals surface area (Å²) >= 11 is 6.12. The van der Waals surface area contributed by atoms with Crippen molar-refractivity contribution >= 4 is 34.0 Å². The maximum Gasteiger partial charge on any atom is 0.261 e. The second-order valence-electron chi connectivity index (χ2n) is 6.08. The molecule has 0 aliphatic heterocycles. The zero-order valence-electron chi connectivity index (χ0n) is 14.3. The van der Waals surface area contributed by atoms with Gasteiger partial charge in [-0.2, -0.15) is 0 Å². The molecule has 1 aromatic heterocycles. The zero-order chi connectivity index (χ0) is 19.0. The van der Waals surface area contributed by atoms with Crippen LogP contribution < -0.4 is 5.32 Å². The van der Waals surface area contributed by atoms with E-state index in [9.17, 15) is 9.18 Å². The molecule has 0 fully saturated rings. The molecule has 0 atom stereocenters. The average molecular weight is 381 g/mol. The number of halogens is 2. The first-order valence-corrected chi connectivity index (χ1v) is 8.63. The molecule has 0 spiro atoms. The van der Waals surface area contributed by atoms with Gasteiger partial charge >= 0.3 is 0 Å². The Kier molecular flexibility index (Phi) is 4.38. The number of fused-ring (bicyclic) bond motifs is 1. The molecule has 0 radical (unpaired) electrons. The van der Waals surface area contributed by atoms with E-state index in [1.807, 2.05) is 36.4 Å². The SMILES string of the molecule is Cc1onc(-c2c(F)cccc2Cl)c1C(=O)Nc1ccc2ccccc2c1. The van der Waals surface area contributed by atoms with Crippen LogP contribution in [0.4, 0.5) is 10.1 Å². The molecule has 3 aromatic carbocycles. The highest BCUT2D eigenvalue weighted by molar-refractivity contribution is 6.33. The Balaban J connectivity index is 1.73. The number of carbonyl (C=O) groups is 1. The number of hydrogen-bond donors (Lipinski definition) is 1. The van der Waals surface area contributed by atoms with Crippen LogP contribution in [0.15, 0.2) is 65.2 Å². The first-order valence-electron chi connectivity index (χ1n) is 8.25. The summed E-state index contributed by atoms with van der Waals surface area (Å²) in [5.74, 6) is -0.739. The molecule has 0 aliphatic carbocycles. The van der Waals surface area contributed by atoms with Crippen LogP contribution in [0.1, 0.15) is 16.1 Å². The average Bonchev–Trinajstić information content (AvgIpc) is 3.03. The fourth-order valence-electron chi connectivity index (χ4n) is 2.99. The third-order valence-corrected chi connectivity index (χ3v) is 4.61. The molecule has 1 heterocycles. The van der Waals surface area contributed by atoms with Crippen molar-refractivity contribution in [2.24, 2.45) is 0 Å². The van der Waals surface area contributed by atoms with Crippen LogP contribution in [0.2, 0.25) is 5.02 Å². The van der Waals surface area contributed by atoms with Crippen molar-refractivity contribution < 1.29 is 13.7 Å². The van der Waals surface area contributed by atoms with Crippen molar-refractivity contribution in [1.82, 2.24) is 5.16 Å². The van der Waals surface area contributed by atoms with E-state index in [1.165, 1.54) is 18.2 Å². The van der Waals surface area contributed by atoms with Crippen LogP contribution in [0.3, 0.4) is 0 Å². The number of anilines is 1. The van der Waals surface area contributed by atoms with Crippen LogP contribution in [0.5, 0.6) is 0 Å². The Morgan fingerprint density at radius 2 is 1.85 bits per heavy atom. The molecule has 1 amide bonds. The zero-order valence-corrected chi connectivity index (χ0v) is 15.0. The van der Waals surface area contributed by atoms with Gasteiger partial charge in [0.05, 0.1) is 10.6 Å². The minimum atomic E-state index is -0.574. The van der Waals surface area contributed by atoms with Gasteiger partial charge < -0.3 is 9.84 Å². The summed E-state index contributed by atoms with van der Waals surface area (Å²) in [5, 5.41) is 8.90. The summed E-state index contributed by atoms with van der Waals surface area (Å²) in [6.07, 6.45) is 0. The van der Waals surface area contributed by atoms with Crippen molar-refractivity contribution in [3.05, 3.63) is 82.8 Å². The molecular weight excluding hydrogens is 367 g/mol. The summed E-state index contributed by atoms with van der Waals surface area (Å²) in [6, 6.07) is 17.7. The van der Waals surface area contributed by atoms with E-state index in [1.54, 1.807) is 13.0 Å². The molecule has 4 aromatic rings. The molecular formula is C21H14ClFN2O2. The highest BCUT2D eigenvalue weighted by atomic mass is 35.5. The lowest BCUT2D eigenvalue weighted by Gasteiger charge is -2.08. The standard InChI is InChI=1S/C21H14ClFN2O2/c1-12-18(20(25-27-12)19-16(22)7-4-8-17(19)23)21(26)24-15-10-9-13-5-2-3-6-14(13)11-15/h2-11H,1H3,(H,24,26). The lowest BCUT2D eigenvalue weighted by molar-refractivity contribution is 0.102. The predicted octanol–water partition coefficient (Wildman–Crippen LogP) is 5.85. The van der Waals surface area contributed by atoms with Gasteiger partial charge in [-0.05, 0) is 42.0 Å². The number of aromatic nitrogens is 1. The van der Waals surface area contributed by atoms with E-state index < -0.39 is 11.7 Å². The van der Waals surface area contributed by atoms with E-state index in [0.29, 0.717) is 5.69 Å². The Morgan fingerprint density at radius 1 is 1.07 bits per heavy atom. The monoisotopic (exact) mass is 380 g/mol.